The number of fused-ring (bicyclic) bond motifs is 2. The standard InChI is InChI=1S/C27H31N5O2S.C20H25N5/c1-20-9-11-23(12-10-20)35(33,34)32-16-14-24-26(28-19-29-27(24)32)30(3)25-18-31(15-13-21(25)2)17-22-7-5-4-6-8-22;1-15-9-11-25(12-16-6-4-3-5-7-16)13-18(15)24(2)20-17-8-10-21-19(17)22-14-23-20/h4-12,14,16,19,21,25H,13,15,17-18H2,1-3H3;3-8,10,14-15,18H,9,11-13H2,1-2H3,(H,21,22,23). The molecule has 4 atom stereocenters. The predicted octanol–water partition coefficient (Wildman–Crippen LogP) is 7.63. The number of benzene rings is 3. The fourth-order valence-corrected chi connectivity index (χ4v) is 10.2. The number of rotatable bonds is 10. The molecular formula is C47H56N10O2S. The van der Waals surface area contributed by atoms with E-state index in [1.807, 2.05) is 25.3 Å². The molecule has 0 aliphatic carbocycles. The van der Waals surface area contributed by atoms with Crippen molar-refractivity contribution < 1.29 is 8.42 Å². The Balaban J connectivity index is 0.000000176. The molecule has 12 nitrogen and oxygen atoms in total. The number of hydrogen-bond acceptors (Lipinski definition) is 10. The fourth-order valence-electron chi connectivity index (χ4n) is 8.88. The van der Waals surface area contributed by atoms with E-state index in [-0.39, 0.29) is 10.9 Å². The summed E-state index contributed by atoms with van der Waals surface area (Å²) in [7, 11) is 0.464. The van der Waals surface area contributed by atoms with E-state index in [2.05, 4.69) is 133 Å². The Labute approximate surface area is 354 Å². The number of likely N-dealkylation sites (tertiary alicyclic amines) is 2. The fraction of sp³-hybridized carbons (Fsp3) is 0.362. The number of H-pyrrole nitrogens is 1. The molecule has 2 aliphatic heterocycles. The molecule has 3 aromatic carbocycles. The lowest BCUT2D eigenvalue weighted by Crippen LogP contribution is -2.50. The van der Waals surface area contributed by atoms with E-state index in [1.165, 1.54) is 27.8 Å². The van der Waals surface area contributed by atoms with Gasteiger partial charge in [0.2, 0.25) is 0 Å². The number of likely N-dealkylation sites (N-methyl/N-ethyl adjacent to an activating group) is 2. The lowest BCUT2D eigenvalue weighted by atomic mass is 9.92. The summed E-state index contributed by atoms with van der Waals surface area (Å²) in [5.74, 6) is 2.90. The first-order chi connectivity index (χ1) is 29.1. The van der Waals surface area contributed by atoms with Crippen molar-refractivity contribution >= 4 is 43.7 Å². The summed E-state index contributed by atoms with van der Waals surface area (Å²) < 4.78 is 28.0. The molecule has 0 radical (unpaired) electrons. The minimum absolute atomic E-state index is 0.242. The van der Waals surface area contributed by atoms with E-state index < -0.39 is 10.0 Å². The van der Waals surface area contributed by atoms with Gasteiger partial charge in [-0.3, -0.25) is 9.80 Å². The van der Waals surface area contributed by atoms with E-state index in [0.717, 1.165) is 79.3 Å². The first-order valence-corrected chi connectivity index (χ1v) is 22.4. The van der Waals surface area contributed by atoms with Crippen molar-refractivity contribution in [1.82, 2.24) is 38.7 Å². The van der Waals surface area contributed by atoms with Gasteiger partial charge in [-0.25, -0.2) is 32.3 Å². The van der Waals surface area contributed by atoms with E-state index in [0.29, 0.717) is 23.5 Å². The smallest absolute Gasteiger partial charge is 0.269 e. The average molecular weight is 825 g/mol. The van der Waals surface area contributed by atoms with Gasteiger partial charge in [0.05, 0.1) is 15.7 Å². The Morgan fingerprint density at radius 1 is 0.667 bits per heavy atom. The monoisotopic (exact) mass is 824 g/mol. The van der Waals surface area contributed by atoms with Crippen molar-refractivity contribution in [3.05, 3.63) is 139 Å². The van der Waals surface area contributed by atoms with Gasteiger partial charge in [0.25, 0.3) is 10.0 Å². The summed E-state index contributed by atoms with van der Waals surface area (Å²) in [5, 5.41) is 1.83. The molecule has 60 heavy (non-hydrogen) atoms. The molecule has 2 fully saturated rings. The number of hydrogen-bond donors (Lipinski definition) is 1. The molecule has 0 spiro atoms. The van der Waals surface area contributed by atoms with Crippen molar-refractivity contribution in [3.8, 4) is 0 Å². The summed E-state index contributed by atoms with van der Waals surface area (Å²) in [4.78, 5) is 30.9. The van der Waals surface area contributed by atoms with Crippen molar-refractivity contribution in [1.29, 1.82) is 0 Å². The molecule has 13 heteroatoms. The van der Waals surface area contributed by atoms with Gasteiger partial charge in [0.15, 0.2) is 5.65 Å². The van der Waals surface area contributed by atoms with Gasteiger partial charge >= 0.3 is 0 Å². The van der Waals surface area contributed by atoms with Gasteiger partial charge in [-0.2, -0.15) is 0 Å². The first-order valence-electron chi connectivity index (χ1n) is 21.0. The highest BCUT2D eigenvalue weighted by Crippen LogP contribution is 2.32. The molecule has 4 aromatic heterocycles. The number of anilines is 2. The summed E-state index contributed by atoms with van der Waals surface area (Å²) in [6.07, 6.45) is 8.94. The number of nitrogens with zero attached hydrogens (tertiary/aromatic N) is 9. The molecule has 2 saturated heterocycles. The van der Waals surface area contributed by atoms with Gasteiger partial charge < -0.3 is 14.8 Å². The normalized spacial score (nSPS) is 20.1. The van der Waals surface area contributed by atoms with Crippen LogP contribution in [0, 0.1) is 18.8 Å². The maximum atomic E-state index is 13.4. The SMILES string of the molecule is CC1CCN(Cc2ccccc2)CC1N(C)c1ncnc2[nH]ccc12.Cc1ccc(S(=O)(=O)n2ccc3c(N(C)C4CN(Cc5ccccc5)CCC4C)ncnc32)cc1. The van der Waals surface area contributed by atoms with E-state index >= 15 is 0 Å². The van der Waals surface area contributed by atoms with E-state index in [4.69, 9.17) is 0 Å². The largest absolute Gasteiger partial charge is 0.354 e. The second-order valence-electron chi connectivity index (χ2n) is 16.6. The highest BCUT2D eigenvalue weighted by molar-refractivity contribution is 7.90. The van der Waals surface area contributed by atoms with Crippen LogP contribution in [0.2, 0.25) is 0 Å². The highest BCUT2D eigenvalue weighted by atomic mass is 32.2. The Hall–Kier alpha value is -5.63. The van der Waals surface area contributed by atoms with Crippen molar-refractivity contribution in [2.45, 2.75) is 63.7 Å². The molecule has 4 unspecified atom stereocenters. The number of aromatic nitrogens is 6. The third kappa shape index (κ3) is 8.79. The Morgan fingerprint density at radius 2 is 1.20 bits per heavy atom. The maximum absolute atomic E-state index is 13.4. The number of aromatic amines is 1. The van der Waals surface area contributed by atoms with Crippen LogP contribution in [-0.4, -0.2) is 99.5 Å². The quantitative estimate of drug-likeness (QED) is 0.148. The van der Waals surface area contributed by atoms with Crippen molar-refractivity contribution in [3.63, 3.8) is 0 Å². The zero-order valence-electron chi connectivity index (χ0n) is 35.3. The van der Waals surface area contributed by atoms with E-state index in [1.54, 1.807) is 36.8 Å². The molecule has 0 amide bonds. The molecule has 0 saturated carbocycles. The van der Waals surface area contributed by atoms with Gasteiger partial charge in [-0.1, -0.05) is 92.2 Å². The van der Waals surface area contributed by atoms with Gasteiger partial charge in [0, 0.05) is 64.8 Å². The van der Waals surface area contributed by atoms with Crippen molar-refractivity contribution in [2.75, 3.05) is 50.1 Å². The number of aryl methyl sites for hydroxylation is 1. The Kier molecular flexibility index (Phi) is 12.3. The third-order valence-electron chi connectivity index (χ3n) is 12.5. The van der Waals surface area contributed by atoms with Gasteiger partial charge in [-0.05, 0) is 80.1 Å². The predicted molar refractivity (Wildman–Crippen MR) is 241 cm³/mol. The summed E-state index contributed by atoms with van der Waals surface area (Å²) >= 11 is 0. The van der Waals surface area contributed by atoms with Crippen LogP contribution < -0.4 is 9.80 Å². The Morgan fingerprint density at radius 3 is 1.77 bits per heavy atom. The zero-order valence-corrected chi connectivity index (χ0v) is 36.1. The van der Waals surface area contributed by atoms with Crippen LogP contribution in [0.5, 0.6) is 0 Å². The molecule has 9 rings (SSSR count). The van der Waals surface area contributed by atoms with Crippen molar-refractivity contribution in [2.24, 2.45) is 11.8 Å². The second-order valence-corrected chi connectivity index (χ2v) is 18.4. The van der Waals surface area contributed by atoms with Crippen LogP contribution in [0.3, 0.4) is 0 Å². The number of piperidine rings is 2. The zero-order chi connectivity index (χ0) is 41.8. The minimum atomic E-state index is -3.76. The second kappa shape index (κ2) is 17.9. The third-order valence-corrected chi connectivity index (χ3v) is 14.2. The van der Waals surface area contributed by atoms with Crippen LogP contribution >= 0.6 is 0 Å². The molecule has 6 heterocycles. The van der Waals surface area contributed by atoms with Crippen LogP contribution in [-0.2, 0) is 23.1 Å². The summed E-state index contributed by atoms with van der Waals surface area (Å²) in [6, 6.07) is 32.7. The lowest BCUT2D eigenvalue weighted by Gasteiger charge is -2.42. The van der Waals surface area contributed by atoms with Crippen LogP contribution in [0.4, 0.5) is 11.6 Å². The molecular weight excluding hydrogens is 769 g/mol. The molecule has 0 bridgehead atoms. The Bertz CT molecular complexity index is 2600. The molecule has 7 aromatic rings. The van der Waals surface area contributed by atoms with Crippen LogP contribution in [0.25, 0.3) is 22.1 Å². The first kappa shape index (κ1) is 41.1. The molecule has 2 aliphatic rings. The van der Waals surface area contributed by atoms with Gasteiger partial charge in [0.1, 0.15) is 29.9 Å². The molecule has 312 valence electrons. The van der Waals surface area contributed by atoms with Gasteiger partial charge in [-0.15, -0.1) is 0 Å². The summed E-state index contributed by atoms with van der Waals surface area (Å²) in [5.41, 5.74) is 5.00. The topological polar surface area (TPSA) is 119 Å². The van der Waals surface area contributed by atoms with Crippen LogP contribution in [0.15, 0.2) is 127 Å². The highest BCUT2D eigenvalue weighted by Gasteiger charge is 2.33. The summed E-state index contributed by atoms with van der Waals surface area (Å²) in [6.45, 7) is 12.7. The molecule has 1 N–H and O–H groups in total. The van der Waals surface area contributed by atoms with E-state index in [9.17, 15) is 8.42 Å². The lowest BCUT2D eigenvalue weighted by molar-refractivity contribution is 0.159. The van der Waals surface area contributed by atoms with Crippen LogP contribution in [0.1, 0.15) is 43.4 Å². The number of nitrogens with one attached hydrogen (secondary N) is 1. The minimum Gasteiger partial charge on any atom is -0.354 e. The maximum Gasteiger partial charge on any atom is 0.269 e. The average Bonchev–Trinajstić information content (AvgIpc) is 3.94.